The number of hydrogen-bond acceptors (Lipinski definition) is 2. The van der Waals surface area contributed by atoms with Crippen LogP contribution in [-0.2, 0) is 6.18 Å². The van der Waals surface area contributed by atoms with Crippen molar-refractivity contribution in [2.75, 3.05) is 0 Å². The van der Waals surface area contributed by atoms with Crippen molar-refractivity contribution in [1.82, 2.24) is 5.43 Å². The first kappa shape index (κ1) is 12.3. The van der Waals surface area contributed by atoms with Gasteiger partial charge in [-0.15, -0.1) is 0 Å². The number of halogens is 4. The smallest absolute Gasteiger partial charge is 0.271 e. The Bertz CT molecular complexity index is 352. The summed E-state index contributed by atoms with van der Waals surface area (Å²) in [7, 11) is 0. The zero-order valence-electron chi connectivity index (χ0n) is 7.90. The van der Waals surface area contributed by atoms with Gasteiger partial charge in [0.15, 0.2) is 0 Å². The predicted molar refractivity (Wildman–Crippen MR) is 52.2 cm³/mol. The Balaban J connectivity index is 3.17. The Labute approximate surface area is 90.2 Å². The summed E-state index contributed by atoms with van der Waals surface area (Å²) in [6.07, 6.45) is -4.44. The van der Waals surface area contributed by atoms with Gasteiger partial charge in [-0.05, 0) is 24.6 Å². The molecule has 0 aliphatic carbocycles. The first-order valence-electron chi connectivity index (χ1n) is 4.19. The molecule has 0 heterocycles. The maximum Gasteiger partial charge on any atom is 0.417 e. The molecular formula is C9H10ClF3N2. The Morgan fingerprint density at radius 1 is 1.40 bits per heavy atom. The van der Waals surface area contributed by atoms with Gasteiger partial charge in [-0.1, -0.05) is 17.7 Å². The molecule has 0 fully saturated rings. The van der Waals surface area contributed by atoms with Crippen molar-refractivity contribution in [3.05, 3.63) is 34.3 Å². The summed E-state index contributed by atoms with van der Waals surface area (Å²) in [5, 5.41) is -0.310. The maximum atomic E-state index is 12.5. The van der Waals surface area contributed by atoms with Crippen LogP contribution < -0.4 is 11.3 Å². The van der Waals surface area contributed by atoms with Crippen LogP contribution in [0.5, 0.6) is 0 Å². The fourth-order valence-electron chi connectivity index (χ4n) is 1.13. The number of hydrazine groups is 1. The molecule has 0 radical (unpaired) electrons. The summed E-state index contributed by atoms with van der Waals surface area (Å²) in [5.41, 5.74) is 1.96. The molecule has 1 aromatic rings. The molecule has 0 saturated carbocycles. The van der Waals surface area contributed by atoms with Crippen molar-refractivity contribution in [1.29, 1.82) is 0 Å². The molecule has 84 valence electrons. The molecule has 15 heavy (non-hydrogen) atoms. The van der Waals surface area contributed by atoms with Gasteiger partial charge in [0.05, 0.1) is 10.6 Å². The molecule has 0 spiro atoms. The highest BCUT2D eigenvalue weighted by Gasteiger charge is 2.33. The lowest BCUT2D eigenvalue weighted by Crippen LogP contribution is -2.25. The Morgan fingerprint density at radius 3 is 2.47 bits per heavy atom. The summed E-state index contributed by atoms with van der Waals surface area (Å²) >= 11 is 5.46. The second-order valence-electron chi connectivity index (χ2n) is 3.13. The van der Waals surface area contributed by atoms with E-state index in [0.717, 1.165) is 6.07 Å². The highest BCUT2D eigenvalue weighted by molar-refractivity contribution is 6.31. The molecule has 0 saturated heterocycles. The third-order valence-electron chi connectivity index (χ3n) is 2.05. The third kappa shape index (κ3) is 2.84. The minimum atomic E-state index is -4.44. The lowest BCUT2D eigenvalue weighted by atomic mass is 10.1. The van der Waals surface area contributed by atoms with E-state index in [1.807, 2.05) is 0 Å². The summed E-state index contributed by atoms with van der Waals surface area (Å²) in [4.78, 5) is 0. The summed E-state index contributed by atoms with van der Waals surface area (Å²) < 4.78 is 37.4. The average molecular weight is 239 g/mol. The molecule has 0 aromatic heterocycles. The van der Waals surface area contributed by atoms with Crippen molar-refractivity contribution in [3.8, 4) is 0 Å². The Morgan fingerprint density at radius 2 is 2.00 bits per heavy atom. The molecule has 6 heteroatoms. The van der Waals surface area contributed by atoms with E-state index in [1.165, 1.54) is 12.1 Å². The zero-order chi connectivity index (χ0) is 11.6. The van der Waals surface area contributed by atoms with Crippen LogP contribution in [0.15, 0.2) is 18.2 Å². The summed E-state index contributed by atoms with van der Waals surface area (Å²) in [6.45, 7) is 1.66. The van der Waals surface area contributed by atoms with Gasteiger partial charge in [-0.3, -0.25) is 11.3 Å². The molecule has 0 aliphatic heterocycles. The number of benzene rings is 1. The summed E-state index contributed by atoms with van der Waals surface area (Å²) in [5.74, 6) is 5.14. The number of rotatable bonds is 2. The molecule has 2 nitrogen and oxygen atoms in total. The molecule has 1 unspecified atom stereocenters. The van der Waals surface area contributed by atoms with Gasteiger partial charge in [-0.2, -0.15) is 13.2 Å². The monoisotopic (exact) mass is 238 g/mol. The van der Waals surface area contributed by atoms with Crippen molar-refractivity contribution >= 4 is 11.6 Å². The van der Waals surface area contributed by atoms with Crippen molar-refractivity contribution in [3.63, 3.8) is 0 Å². The van der Waals surface area contributed by atoms with Crippen LogP contribution in [0.1, 0.15) is 24.1 Å². The van der Waals surface area contributed by atoms with Gasteiger partial charge in [-0.25, -0.2) is 0 Å². The van der Waals surface area contributed by atoms with E-state index in [0.29, 0.717) is 5.56 Å². The van der Waals surface area contributed by atoms with E-state index in [-0.39, 0.29) is 11.1 Å². The van der Waals surface area contributed by atoms with E-state index in [2.05, 4.69) is 5.43 Å². The largest absolute Gasteiger partial charge is 0.417 e. The lowest BCUT2D eigenvalue weighted by Gasteiger charge is -2.14. The van der Waals surface area contributed by atoms with Crippen LogP contribution in [0.3, 0.4) is 0 Å². The van der Waals surface area contributed by atoms with Crippen LogP contribution >= 0.6 is 11.6 Å². The van der Waals surface area contributed by atoms with Crippen LogP contribution in [-0.4, -0.2) is 0 Å². The van der Waals surface area contributed by atoms with Crippen LogP contribution in [0.4, 0.5) is 13.2 Å². The number of nitrogens with two attached hydrogens (primary N) is 1. The first-order valence-corrected chi connectivity index (χ1v) is 4.57. The van der Waals surface area contributed by atoms with E-state index in [9.17, 15) is 13.2 Å². The standard InChI is InChI=1S/C9H10ClF3N2/c1-5(15-14)6-2-3-8(10)7(4-6)9(11,12)13/h2-5,15H,14H2,1H3. The molecule has 0 amide bonds. The predicted octanol–water partition coefficient (Wildman–Crippen LogP) is 2.88. The second kappa shape index (κ2) is 4.38. The SMILES string of the molecule is CC(NN)c1ccc(Cl)c(C(F)(F)F)c1. The van der Waals surface area contributed by atoms with Crippen LogP contribution in [0.25, 0.3) is 0 Å². The molecule has 0 bridgehead atoms. The quantitative estimate of drug-likeness (QED) is 0.614. The van der Waals surface area contributed by atoms with Gasteiger partial charge in [0, 0.05) is 6.04 Å². The minimum Gasteiger partial charge on any atom is -0.271 e. The number of alkyl halides is 3. The van der Waals surface area contributed by atoms with Gasteiger partial charge in [0.1, 0.15) is 0 Å². The molecule has 1 aromatic carbocycles. The minimum absolute atomic E-state index is 0.310. The third-order valence-corrected chi connectivity index (χ3v) is 2.38. The van der Waals surface area contributed by atoms with E-state index in [1.54, 1.807) is 6.92 Å². The molecule has 3 N–H and O–H groups in total. The second-order valence-corrected chi connectivity index (χ2v) is 3.53. The van der Waals surface area contributed by atoms with E-state index < -0.39 is 11.7 Å². The fourth-order valence-corrected chi connectivity index (χ4v) is 1.35. The summed E-state index contributed by atoms with van der Waals surface area (Å²) in [6, 6.07) is 3.35. The first-order chi connectivity index (χ1) is 6.86. The molecule has 1 atom stereocenters. The van der Waals surface area contributed by atoms with Gasteiger partial charge in [0.2, 0.25) is 0 Å². The van der Waals surface area contributed by atoms with Crippen molar-refractivity contribution in [2.24, 2.45) is 5.84 Å². The highest BCUT2D eigenvalue weighted by Crippen LogP contribution is 2.35. The Hall–Kier alpha value is -0.780. The molecular weight excluding hydrogens is 229 g/mol. The molecule has 1 rings (SSSR count). The van der Waals surface area contributed by atoms with Crippen LogP contribution in [0.2, 0.25) is 5.02 Å². The molecule has 0 aliphatic rings. The van der Waals surface area contributed by atoms with Gasteiger partial charge >= 0.3 is 6.18 Å². The van der Waals surface area contributed by atoms with E-state index >= 15 is 0 Å². The highest BCUT2D eigenvalue weighted by atomic mass is 35.5. The van der Waals surface area contributed by atoms with Gasteiger partial charge < -0.3 is 0 Å². The van der Waals surface area contributed by atoms with Crippen molar-refractivity contribution < 1.29 is 13.2 Å². The topological polar surface area (TPSA) is 38.0 Å². The normalized spacial score (nSPS) is 14.0. The number of hydrogen-bond donors (Lipinski definition) is 2. The maximum absolute atomic E-state index is 12.5. The van der Waals surface area contributed by atoms with E-state index in [4.69, 9.17) is 17.4 Å². The fraction of sp³-hybridized carbons (Fsp3) is 0.333. The zero-order valence-corrected chi connectivity index (χ0v) is 8.65. The number of nitrogens with one attached hydrogen (secondary N) is 1. The average Bonchev–Trinajstić information content (AvgIpc) is 2.15. The van der Waals surface area contributed by atoms with Gasteiger partial charge in [0.25, 0.3) is 0 Å². The Kier molecular flexibility index (Phi) is 3.59. The van der Waals surface area contributed by atoms with Crippen molar-refractivity contribution in [2.45, 2.75) is 19.1 Å². The van der Waals surface area contributed by atoms with Crippen LogP contribution in [0, 0.1) is 0 Å². The lowest BCUT2D eigenvalue weighted by molar-refractivity contribution is -0.137.